The van der Waals surface area contributed by atoms with Gasteiger partial charge < -0.3 is 5.11 Å². The second-order valence-electron chi connectivity index (χ2n) is 4.62. The molecule has 100 valence electrons. The number of carboxylic acid groups (broad SMARTS) is 1. The molecule has 5 heteroatoms. The summed E-state index contributed by atoms with van der Waals surface area (Å²) in [5, 5.41) is 18.8. The molecular weight excluding hydrogens is 254 g/mol. The maximum absolute atomic E-state index is 11.7. The molecule has 0 unspecified atom stereocenters. The Morgan fingerprint density at radius 3 is 2.15 bits per heavy atom. The number of carbonyl (C=O) groups is 1. The molecule has 1 aliphatic rings. The van der Waals surface area contributed by atoms with Crippen molar-refractivity contribution in [2.45, 2.75) is 12.1 Å². The first-order valence-corrected chi connectivity index (χ1v) is 6.28. The number of benzene rings is 2. The van der Waals surface area contributed by atoms with Gasteiger partial charge in [0.15, 0.2) is 0 Å². The second kappa shape index (κ2) is 4.77. The third-order valence-corrected chi connectivity index (χ3v) is 3.29. The van der Waals surface area contributed by atoms with Crippen LogP contribution in [0.5, 0.6) is 0 Å². The van der Waals surface area contributed by atoms with E-state index in [9.17, 15) is 9.90 Å². The number of hydrogen-bond acceptors (Lipinski definition) is 4. The zero-order chi connectivity index (χ0) is 14.0. The largest absolute Gasteiger partial charge is 0.478 e. The highest BCUT2D eigenvalue weighted by Gasteiger charge is 2.52. The van der Waals surface area contributed by atoms with Crippen molar-refractivity contribution in [3.05, 3.63) is 66.2 Å². The molecule has 3 rings (SSSR count). The summed E-state index contributed by atoms with van der Waals surface area (Å²) in [6.07, 6.45) is 0.279. The van der Waals surface area contributed by atoms with Gasteiger partial charge in [0.25, 0.3) is 5.66 Å². The van der Waals surface area contributed by atoms with Crippen molar-refractivity contribution in [1.82, 2.24) is 0 Å². The molecule has 0 aliphatic carbocycles. The van der Waals surface area contributed by atoms with Crippen LogP contribution in [0.25, 0.3) is 0 Å². The van der Waals surface area contributed by atoms with Crippen molar-refractivity contribution in [1.29, 1.82) is 0 Å². The van der Waals surface area contributed by atoms with Crippen molar-refractivity contribution in [3.8, 4) is 0 Å². The van der Waals surface area contributed by atoms with Gasteiger partial charge in [-0.2, -0.15) is 0 Å². The fourth-order valence-corrected chi connectivity index (χ4v) is 2.23. The lowest BCUT2D eigenvalue weighted by Gasteiger charge is -2.39. The Hall–Kier alpha value is -2.69. The van der Waals surface area contributed by atoms with Gasteiger partial charge in [-0.25, -0.2) is 9.80 Å². The molecule has 1 heterocycles. The minimum absolute atomic E-state index is 0.279. The smallest absolute Gasteiger partial charge is 0.356 e. The number of rotatable bonds is 4. The molecule has 2 aromatic rings. The van der Waals surface area contributed by atoms with E-state index in [4.69, 9.17) is 0 Å². The first kappa shape index (κ1) is 12.3. The number of carboxylic acids is 1. The minimum atomic E-state index is -1.34. The molecule has 1 aliphatic heterocycles. The summed E-state index contributed by atoms with van der Waals surface area (Å²) in [5.74, 6) is -1.000. The van der Waals surface area contributed by atoms with E-state index in [-0.39, 0.29) is 6.42 Å². The first-order chi connectivity index (χ1) is 9.72. The van der Waals surface area contributed by atoms with Crippen molar-refractivity contribution < 1.29 is 9.90 Å². The van der Waals surface area contributed by atoms with Gasteiger partial charge in [0.1, 0.15) is 0 Å². The monoisotopic (exact) mass is 267 g/mol. The summed E-state index contributed by atoms with van der Waals surface area (Å²) < 4.78 is 0. The number of aliphatic carboxylic acids is 1. The normalized spacial score (nSPS) is 20.5. The molecule has 1 atom stereocenters. The van der Waals surface area contributed by atoms with E-state index in [0.717, 1.165) is 11.3 Å². The lowest BCUT2D eigenvalue weighted by Crippen LogP contribution is -2.58. The molecule has 0 saturated carbocycles. The Bertz CT molecular complexity index is 643. The number of hydrogen-bond donors (Lipinski definition) is 1. The SMILES string of the molecule is O=C(O)[C@@]1(Cc2ccccc2)N=NN1c1ccccc1. The van der Waals surface area contributed by atoms with E-state index in [1.165, 1.54) is 5.01 Å². The summed E-state index contributed by atoms with van der Waals surface area (Å²) in [6.45, 7) is 0. The minimum Gasteiger partial charge on any atom is -0.478 e. The molecule has 0 bridgehead atoms. The van der Waals surface area contributed by atoms with E-state index in [2.05, 4.69) is 10.3 Å². The van der Waals surface area contributed by atoms with Gasteiger partial charge in [-0.1, -0.05) is 53.8 Å². The molecule has 20 heavy (non-hydrogen) atoms. The summed E-state index contributed by atoms with van der Waals surface area (Å²) in [7, 11) is 0. The van der Waals surface area contributed by atoms with Gasteiger partial charge in [0.2, 0.25) is 0 Å². The van der Waals surface area contributed by atoms with Crippen LogP contribution in [0.1, 0.15) is 5.56 Å². The molecule has 0 fully saturated rings. The van der Waals surface area contributed by atoms with Crippen LogP contribution in [0.2, 0.25) is 0 Å². The van der Waals surface area contributed by atoms with Crippen LogP contribution in [-0.2, 0) is 11.2 Å². The third-order valence-electron chi connectivity index (χ3n) is 3.29. The summed E-state index contributed by atoms with van der Waals surface area (Å²) >= 11 is 0. The third kappa shape index (κ3) is 1.93. The number of nitrogens with zero attached hydrogens (tertiary/aromatic N) is 3. The van der Waals surface area contributed by atoms with E-state index >= 15 is 0 Å². The molecule has 0 radical (unpaired) electrons. The molecule has 0 spiro atoms. The van der Waals surface area contributed by atoms with Gasteiger partial charge in [-0.3, -0.25) is 0 Å². The fraction of sp³-hybridized carbons (Fsp3) is 0.133. The topological polar surface area (TPSA) is 65.3 Å². The van der Waals surface area contributed by atoms with Crippen LogP contribution in [0.15, 0.2) is 71.0 Å². The van der Waals surface area contributed by atoms with Gasteiger partial charge >= 0.3 is 5.97 Å². The van der Waals surface area contributed by atoms with Crippen molar-refractivity contribution in [2.24, 2.45) is 10.3 Å². The highest BCUT2D eigenvalue weighted by Crippen LogP contribution is 2.36. The average molecular weight is 267 g/mol. The summed E-state index contributed by atoms with van der Waals surface area (Å²) in [6, 6.07) is 18.6. The zero-order valence-electron chi connectivity index (χ0n) is 10.7. The van der Waals surface area contributed by atoms with Crippen LogP contribution in [0, 0.1) is 0 Å². The standard InChI is InChI=1S/C15H13N3O2/c19-14(20)15(11-12-7-3-1-4-8-12)16-17-18(15)13-9-5-2-6-10-13/h1-10H,11H2,(H,19,20)/t15-/m0/s1. The van der Waals surface area contributed by atoms with Crippen LogP contribution < -0.4 is 5.01 Å². The van der Waals surface area contributed by atoms with E-state index in [0.29, 0.717) is 0 Å². The maximum Gasteiger partial charge on any atom is 0.356 e. The van der Waals surface area contributed by atoms with Crippen molar-refractivity contribution in [3.63, 3.8) is 0 Å². The van der Waals surface area contributed by atoms with E-state index in [1.807, 2.05) is 60.7 Å². The Morgan fingerprint density at radius 2 is 1.65 bits per heavy atom. The van der Waals surface area contributed by atoms with E-state index in [1.54, 1.807) is 0 Å². The fourth-order valence-electron chi connectivity index (χ4n) is 2.23. The Balaban J connectivity index is 1.94. The molecule has 0 saturated heterocycles. The van der Waals surface area contributed by atoms with Crippen LogP contribution in [-0.4, -0.2) is 16.7 Å². The van der Waals surface area contributed by atoms with Gasteiger partial charge in [0.05, 0.1) is 5.69 Å². The first-order valence-electron chi connectivity index (χ1n) is 6.28. The van der Waals surface area contributed by atoms with Crippen molar-refractivity contribution in [2.75, 3.05) is 5.01 Å². The molecule has 1 N–H and O–H groups in total. The Kier molecular flexibility index (Phi) is 2.95. The van der Waals surface area contributed by atoms with Crippen LogP contribution in [0.4, 0.5) is 5.69 Å². The van der Waals surface area contributed by atoms with Gasteiger partial charge in [-0.05, 0) is 17.7 Å². The highest BCUT2D eigenvalue weighted by molar-refractivity contribution is 5.84. The maximum atomic E-state index is 11.7. The summed E-state index contributed by atoms with van der Waals surface area (Å²) in [4.78, 5) is 11.7. The lowest BCUT2D eigenvalue weighted by molar-refractivity contribution is -0.145. The lowest BCUT2D eigenvalue weighted by atomic mass is 9.98. The predicted octanol–water partition coefficient (Wildman–Crippen LogP) is 2.90. The number of anilines is 1. The molecule has 2 aromatic carbocycles. The molecular formula is C15H13N3O2. The van der Waals surface area contributed by atoms with Gasteiger partial charge in [0, 0.05) is 6.42 Å². The quantitative estimate of drug-likeness (QED) is 0.926. The average Bonchev–Trinajstić information content (AvgIpc) is 2.45. The van der Waals surface area contributed by atoms with Crippen molar-refractivity contribution >= 4 is 11.7 Å². The molecule has 0 aromatic heterocycles. The predicted molar refractivity (Wildman–Crippen MR) is 74.3 cm³/mol. The number of para-hydroxylation sites is 1. The molecule has 0 amide bonds. The molecule has 5 nitrogen and oxygen atoms in total. The highest BCUT2D eigenvalue weighted by atomic mass is 16.4. The Labute approximate surface area is 116 Å². The van der Waals surface area contributed by atoms with Gasteiger partial charge in [-0.15, -0.1) is 5.11 Å². The second-order valence-corrected chi connectivity index (χ2v) is 4.62. The van der Waals surface area contributed by atoms with E-state index < -0.39 is 11.6 Å². The van der Waals surface area contributed by atoms with Crippen LogP contribution in [0.3, 0.4) is 0 Å². The Morgan fingerprint density at radius 1 is 1.05 bits per heavy atom. The van der Waals surface area contributed by atoms with Crippen LogP contribution >= 0.6 is 0 Å². The summed E-state index contributed by atoms with van der Waals surface area (Å²) in [5.41, 5.74) is 0.290. The zero-order valence-corrected chi connectivity index (χ0v) is 10.7.